The van der Waals surface area contributed by atoms with Crippen molar-refractivity contribution in [2.75, 3.05) is 26.9 Å². The second-order valence-corrected chi connectivity index (χ2v) is 7.06. The number of nitrogens with one attached hydrogen (secondary N) is 1. The molecule has 7 nitrogen and oxygen atoms in total. The minimum Gasteiger partial charge on any atom is -0.496 e. The van der Waals surface area contributed by atoms with Gasteiger partial charge >= 0.3 is 0 Å². The zero-order chi connectivity index (χ0) is 17.0. The predicted molar refractivity (Wildman–Crippen MR) is 83.0 cm³/mol. The van der Waals surface area contributed by atoms with E-state index < -0.39 is 15.9 Å². The SMILES string of the molecule is COc1cc(C)c(S(=O)(=O)NC(=O)CO[C@@H]2CCOC2)cc1C. The van der Waals surface area contributed by atoms with Gasteiger partial charge in [-0.2, -0.15) is 0 Å². The molecule has 1 aromatic carbocycles. The van der Waals surface area contributed by atoms with Gasteiger partial charge in [-0.3, -0.25) is 4.79 Å². The number of hydrogen-bond donors (Lipinski definition) is 1. The highest BCUT2D eigenvalue weighted by atomic mass is 32.2. The summed E-state index contributed by atoms with van der Waals surface area (Å²) < 4.78 is 42.3. The van der Waals surface area contributed by atoms with Crippen LogP contribution in [0.1, 0.15) is 17.5 Å². The zero-order valence-corrected chi connectivity index (χ0v) is 14.2. The van der Waals surface area contributed by atoms with Gasteiger partial charge in [-0.15, -0.1) is 0 Å². The number of amides is 1. The number of carbonyl (C=O) groups excluding carboxylic acids is 1. The van der Waals surface area contributed by atoms with Crippen molar-refractivity contribution in [3.05, 3.63) is 23.3 Å². The van der Waals surface area contributed by atoms with Crippen LogP contribution in [0.3, 0.4) is 0 Å². The van der Waals surface area contributed by atoms with Gasteiger partial charge in [-0.25, -0.2) is 13.1 Å². The number of hydrogen-bond acceptors (Lipinski definition) is 6. The molecule has 0 radical (unpaired) electrons. The van der Waals surface area contributed by atoms with E-state index in [9.17, 15) is 13.2 Å². The molecular weight excluding hydrogens is 322 g/mol. The summed E-state index contributed by atoms with van der Waals surface area (Å²) in [5, 5.41) is 0. The molecule has 0 aliphatic carbocycles. The molecule has 128 valence electrons. The Bertz CT molecular complexity index is 679. The van der Waals surface area contributed by atoms with Crippen molar-refractivity contribution in [2.45, 2.75) is 31.3 Å². The van der Waals surface area contributed by atoms with Crippen molar-refractivity contribution >= 4 is 15.9 Å². The van der Waals surface area contributed by atoms with Crippen LogP contribution in [-0.4, -0.2) is 47.4 Å². The van der Waals surface area contributed by atoms with Gasteiger partial charge < -0.3 is 14.2 Å². The van der Waals surface area contributed by atoms with E-state index in [2.05, 4.69) is 0 Å². The number of ether oxygens (including phenoxy) is 3. The third-order valence-corrected chi connectivity index (χ3v) is 5.08. The standard InChI is InChI=1S/C15H21NO6S/c1-10-7-14(11(2)6-13(10)20-3)23(18,19)16-15(17)9-22-12-4-5-21-8-12/h6-7,12H,4-5,8-9H2,1-3H3,(H,16,17)/t12-/m1/s1. The molecule has 23 heavy (non-hydrogen) atoms. The molecular formula is C15H21NO6S. The minimum absolute atomic E-state index is 0.0494. The summed E-state index contributed by atoms with van der Waals surface area (Å²) in [5.74, 6) is -0.109. The quantitative estimate of drug-likeness (QED) is 0.826. The molecule has 1 heterocycles. The molecule has 1 fully saturated rings. The Balaban J connectivity index is 2.06. The Kier molecular flexibility index (Phi) is 5.61. The molecule has 0 bridgehead atoms. The van der Waals surface area contributed by atoms with E-state index in [-0.39, 0.29) is 17.6 Å². The summed E-state index contributed by atoms with van der Waals surface area (Å²) in [7, 11) is -2.43. The number of aryl methyl sites for hydroxylation is 2. The van der Waals surface area contributed by atoms with Crippen LogP contribution in [0.25, 0.3) is 0 Å². The summed E-state index contributed by atoms with van der Waals surface area (Å²) in [6.07, 6.45) is 0.546. The van der Waals surface area contributed by atoms with Crippen LogP contribution in [0.15, 0.2) is 17.0 Å². The second kappa shape index (κ2) is 7.29. The molecule has 0 saturated carbocycles. The number of methoxy groups -OCH3 is 1. The van der Waals surface area contributed by atoms with E-state index >= 15 is 0 Å². The van der Waals surface area contributed by atoms with Crippen LogP contribution in [0.5, 0.6) is 5.75 Å². The molecule has 1 atom stereocenters. The number of carbonyl (C=O) groups is 1. The highest BCUT2D eigenvalue weighted by molar-refractivity contribution is 7.90. The maximum Gasteiger partial charge on any atom is 0.264 e. The third kappa shape index (κ3) is 4.43. The first-order valence-corrected chi connectivity index (χ1v) is 8.72. The first-order chi connectivity index (χ1) is 10.8. The Morgan fingerprint density at radius 2 is 2.09 bits per heavy atom. The number of benzene rings is 1. The van der Waals surface area contributed by atoms with Crippen LogP contribution < -0.4 is 9.46 Å². The second-order valence-electron chi connectivity index (χ2n) is 5.41. The molecule has 0 unspecified atom stereocenters. The fraction of sp³-hybridized carbons (Fsp3) is 0.533. The smallest absolute Gasteiger partial charge is 0.264 e. The van der Waals surface area contributed by atoms with Crippen LogP contribution in [0.2, 0.25) is 0 Å². The van der Waals surface area contributed by atoms with Gasteiger partial charge in [0.2, 0.25) is 0 Å². The molecule has 1 aliphatic heterocycles. The average molecular weight is 343 g/mol. The monoisotopic (exact) mass is 343 g/mol. The van der Waals surface area contributed by atoms with Gasteiger partial charge in [0.05, 0.1) is 24.7 Å². The van der Waals surface area contributed by atoms with E-state index in [1.165, 1.54) is 13.2 Å². The van der Waals surface area contributed by atoms with Crippen molar-refractivity contribution in [2.24, 2.45) is 0 Å². The normalized spacial score (nSPS) is 18.0. The first-order valence-electron chi connectivity index (χ1n) is 7.23. The van der Waals surface area contributed by atoms with Crippen molar-refractivity contribution in [1.29, 1.82) is 0 Å². The van der Waals surface area contributed by atoms with E-state index in [0.717, 1.165) is 0 Å². The van der Waals surface area contributed by atoms with Gasteiger partial charge in [-0.1, -0.05) is 0 Å². The van der Waals surface area contributed by atoms with Crippen LogP contribution in [-0.2, 0) is 24.3 Å². The van der Waals surface area contributed by atoms with Crippen LogP contribution in [0.4, 0.5) is 0 Å². The van der Waals surface area contributed by atoms with Crippen molar-refractivity contribution in [1.82, 2.24) is 4.72 Å². The van der Waals surface area contributed by atoms with Gasteiger partial charge in [0.25, 0.3) is 15.9 Å². The lowest BCUT2D eigenvalue weighted by atomic mass is 10.1. The summed E-state index contributed by atoms with van der Waals surface area (Å²) in [4.78, 5) is 11.9. The Hall–Kier alpha value is -1.64. The van der Waals surface area contributed by atoms with E-state index in [0.29, 0.717) is 36.5 Å². The molecule has 0 aromatic heterocycles. The summed E-state index contributed by atoms with van der Waals surface area (Å²) in [5.41, 5.74) is 1.17. The first kappa shape index (κ1) is 17.7. The predicted octanol–water partition coefficient (Wildman–Crippen LogP) is 0.922. The fourth-order valence-corrected chi connectivity index (χ4v) is 3.63. The maximum absolute atomic E-state index is 12.4. The Morgan fingerprint density at radius 1 is 1.35 bits per heavy atom. The molecule has 8 heteroatoms. The third-order valence-electron chi connectivity index (χ3n) is 3.57. The molecule has 1 amide bonds. The van der Waals surface area contributed by atoms with E-state index in [4.69, 9.17) is 14.2 Å². The maximum atomic E-state index is 12.4. The lowest BCUT2D eigenvalue weighted by molar-refractivity contribution is -0.125. The van der Waals surface area contributed by atoms with Crippen LogP contribution in [0, 0.1) is 13.8 Å². The van der Waals surface area contributed by atoms with Crippen molar-refractivity contribution < 1.29 is 27.4 Å². The largest absolute Gasteiger partial charge is 0.496 e. The summed E-state index contributed by atoms with van der Waals surface area (Å²) in [6.45, 7) is 4.09. The van der Waals surface area contributed by atoms with Crippen molar-refractivity contribution in [3.8, 4) is 5.75 Å². The Morgan fingerprint density at radius 3 is 2.70 bits per heavy atom. The van der Waals surface area contributed by atoms with E-state index in [1.807, 2.05) is 4.72 Å². The van der Waals surface area contributed by atoms with Gasteiger partial charge in [0, 0.05) is 6.61 Å². The summed E-state index contributed by atoms with van der Waals surface area (Å²) in [6, 6.07) is 3.11. The molecule has 1 aliphatic rings. The average Bonchev–Trinajstić information content (AvgIpc) is 3.00. The molecule has 1 aromatic rings. The Labute approximate surface area is 136 Å². The zero-order valence-electron chi connectivity index (χ0n) is 13.4. The van der Waals surface area contributed by atoms with Crippen molar-refractivity contribution in [3.63, 3.8) is 0 Å². The molecule has 2 rings (SSSR count). The van der Waals surface area contributed by atoms with Crippen LogP contribution >= 0.6 is 0 Å². The molecule has 0 spiro atoms. The topological polar surface area (TPSA) is 90.9 Å². The highest BCUT2D eigenvalue weighted by Gasteiger charge is 2.23. The number of rotatable bonds is 6. The lowest BCUT2D eigenvalue weighted by Crippen LogP contribution is -2.35. The van der Waals surface area contributed by atoms with Gasteiger partial charge in [-0.05, 0) is 43.5 Å². The number of sulfonamides is 1. The lowest BCUT2D eigenvalue weighted by Gasteiger charge is -2.13. The fourth-order valence-electron chi connectivity index (χ4n) is 2.34. The highest BCUT2D eigenvalue weighted by Crippen LogP contribution is 2.25. The molecule has 1 saturated heterocycles. The van der Waals surface area contributed by atoms with E-state index in [1.54, 1.807) is 19.9 Å². The minimum atomic E-state index is -3.95. The van der Waals surface area contributed by atoms with Gasteiger partial charge in [0.15, 0.2) is 0 Å². The molecule has 1 N–H and O–H groups in total. The van der Waals surface area contributed by atoms with Gasteiger partial charge in [0.1, 0.15) is 12.4 Å². The summed E-state index contributed by atoms with van der Waals surface area (Å²) >= 11 is 0.